The first-order valence-electron chi connectivity index (χ1n) is 4.49. The zero-order valence-electron chi connectivity index (χ0n) is 8.57. The Labute approximate surface area is 94.6 Å². The lowest BCUT2D eigenvalue weighted by Crippen LogP contribution is -2.40. The van der Waals surface area contributed by atoms with E-state index in [-0.39, 0.29) is 4.60 Å². The predicted octanol–water partition coefficient (Wildman–Crippen LogP) is -0.259. The Balaban J connectivity index is 3.00. The van der Waals surface area contributed by atoms with Crippen LogP contribution in [0.3, 0.4) is 0 Å². The minimum Gasteiger partial charge on any atom is -0.380 e. The standard InChI is InChI=1S/C8H12BrN3O3/c1-3-15-5-4-12-8(14)11(2)7(13)6(9)10-12/h3-5H2,1-2H3. The van der Waals surface area contributed by atoms with E-state index < -0.39 is 11.2 Å². The fraction of sp³-hybridized carbons (Fsp3) is 0.625. The van der Waals surface area contributed by atoms with Crippen molar-refractivity contribution in [2.24, 2.45) is 7.05 Å². The molecule has 0 saturated carbocycles. The van der Waals surface area contributed by atoms with E-state index in [2.05, 4.69) is 21.0 Å². The minimum atomic E-state index is -0.442. The van der Waals surface area contributed by atoms with Gasteiger partial charge in [0, 0.05) is 13.7 Å². The van der Waals surface area contributed by atoms with Crippen LogP contribution in [-0.2, 0) is 18.3 Å². The number of halogens is 1. The lowest BCUT2D eigenvalue weighted by Gasteiger charge is -2.06. The Bertz CT molecular complexity index is 451. The number of nitrogens with zero attached hydrogens (tertiary/aromatic N) is 3. The summed E-state index contributed by atoms with van der Waals surface area (Å²) in [5, 5.41) is 3.81. The summed E-state index contributed by atoms with van der Waals surface area (Å²) in [4.78, 5) is 22.8. The topological polar surface area (TPSA) is 66.1 Å². The molecule has 0 unspecified atom stereocenters. The molecule has 0 N–H and O–H groups in total. The van der Waals surface area contributed by atoms with Crippen LogP contribution in [0.5, 0.6) is 0 Å². The first-order chi connectivity index (χ1) is 7.07. The smallest absolute Gasteiger partial charge is 0.347 e. The zero-order chi connectivity index (χ0) is 11.4. The van der Waals surface area contributed by atoms with E-state index in [4.69, 9.17) is 4.74 Å². The van der Waals surface area contributed by atoms with E-state index >= 15 is 0 Å². The highest BCUT2D eigenvalue weighted by atomic mass is 79.9. The van der Waals surface area contributed by atoms with Gasteiger partial charge >= 0.3 is 5.69 Å². The number of rotatable bonds is 4. The van der Waals surface area contributed by atoms with Crippen molar-refractivity contribution < 1.29 is 4.74 Å². The van der Waals surface area contributed by atoms with Crippen molar-refractivity contribution in [2.45, 2.75) is 13.5 Å². The molecule has 0 aliphatic carbocycles. The molecular weight excluding hydrogens is 266 g/mol. The lowest BCUT2D eigenvalue weighted by atomic mass is 10.6. The molecule has 0 atom stereocenters. The Kier molecular flexibility index (Phi) is 4.22. The van der Waals surface area contributed by atoms with Gasteiger partial charge in [-0.2, -0.15) is 5.10 Å². The van der Waals surface area contributed by atoms with E-state index in [1.165, 1.54) is 11.7 Å². The summed E-state index contributed by atoms with van der Waals surface area (Å²) in [6.45, 7) is 3.18. The maximum absolute atomic E-state index is 11.5. The minimum absolute atomic E-state index is 0.126. The molecular formula is C8H12BrN3O3. The van der Waals surface area contributed by atoms with E-state index in [0.29, 0.717) is 19.8 Å². The lowest BCUT2D eigenvalue weighted by molar-refractivity contribution is 0.134. The van der Waals surface area contributed by atoms with Crippen molar-refractivity contribution in [3.05, 3.63) is 25.4 Å². The molecule has 0 bridgehead atoms. The molecule has 0 aromatic carbocycles. The van der Waals surface area contributed by atoms with Gasteiger partial charge in [0.25, 0.3) is 5.56 Å². The van der Waals surface area contributed by atoms with Gasteiger partial charge in [0.15, 0.2) is 4.60 Å². The summed E-state index contributed by atoms with van der Waals surface area (Å²) in [7, 11) is 1.41. The fourth-order valence-corrected chi connectivity index (χ4v) is 1.49. The van der Waals surface area contributed by atoms with Gasteiger partial charge < -0.3 is 4.74 Å². The fourth-order valence-electron chi connectivity index (χ4n) is 1.03. The average Bonchev–Trinajstić information content (AvgIpc) is 2.23. The van der Waals surface area contributed by atoms with Crippen LogP contribution in [0.1, 0.15) is 6.92 Å². The van der Waals surface area contributed by atoms with Crippen LogP contribution in [0.2, 0.25) is 0 Å². The molecule has 0 saturated heterocycles. The van der Waals surface area contributed by atoms with Crippen LogP contribution in [0.25, 0.3) is 0 Å². The molecule has 1 aromatic heterocycles. The molecule has 1 rings (SSSR count). The second kappa shape index (κ2) is 5.22. The Morgan fingerprint density at radius 3 is 2.73 bits per heavy atom. The Morgan fingerprint density at radius 1 is 1.47 bits per heavy atom. The van der Waals surface area contributed by atoms with Crippen LogP contribution in [0, 0.1) is 0 Å². The van der Waals surface area contributed by atoms with Crippen molar-refractivity contribution in [1.82, 2.24) is 14.3 Å². The second-order valence-corrected chi connectivity index (χ2v) is 3.61. The molecule has 15 heavy (non-hydrogen) atoms. The number of ether oxygens (including phenoxy) is 1. The highest BCUT2D eigenvalue weighted by Crippen LogP contribution is 1.93. The summed E-state index contributed by atoms with van der Waals surface area (Å²) < 4.78 is 7.42. The summed E-state index contributed by atoms with van der Waals surface area (Å²) in [5.41, 5.74) is -0.879. The molecule has 0 radical (unpaired) electrons. The molecule has 0 aliphatic heterocycles. The van der Waals surface area contributed by atoms with Crippen molar-refractivity contribution in [3.63, 3.8) is 0 Å². The van der Waals surface area contributed by atoms with Crippen molar-refractivity contribution in [1.29, 1.82) is 0 Å². The van der Waals surface area contributed by atoms with Gasteiger partial charge in [-0.05, 0) is 22.9 Å². The molecule has 0 spiro atoms. The summed E-state index contributed by atoms with van der Waals surface area (Å²) in [5.74, 6) is 0. The maximum Gasteiger partial charge on any atom is 0.347 e. The molecule has 7 heteroatoms. The van der Waals surface area contributed by atoms with Gasteiger partial charge in [-0.1, -0.05) is 0 Å². The molecule has 1 aromatic rings. The maximum atomic E-state index is 11.5. The van der Waals surface area contributed by atoms with Gasteiger partial charge in [0.1, 0.15) is 0 Å². The van der Waals surface area contributed by atoms with Crippen molar-refractivity contribution in [3.8, 4) is 0 Å². The molecule has 0 fully saturated rings. The third-order valence-corrected chi connectivity index (χ3v) is 2.35. The van der Waals surface area contributed by atoms with Crippen LogP contribution in [0.15, 0.2) is 14.2 Å². The third kappa shape index (κ3) is 2.75. The van der Waals surface area contributed by atoms with Crippen molar-refractivity contribution >= 4 is 15.9 Å². The molecule has 0 aliphatic rings. The Hall–Kier alpha value is -0.950. The van der Waals surface area contributed by atoms with Crippen molar-refractivity contribution in [2.75, 3.05) is 13.2 Å². The molecule has 6 nitrogen and oxygen atoms in total. The quantitative estimate of drug-likeness (QED) is 0.712. The van der Waals surface area contributed by atoms with Crippen LogP contribution in [0.4, 0.5) is 0 Å². The third-order valence-electron chi connectivity index (χ3n) is 1.85. The van der Waals surface area contributed by atoms with Crippen LogP contribution < -0.4 is 11.2 Å². The normalized spacial score (nSPS) is 10.6. The number of hydrogen-bond acceptors (Lipinski definition) is 4. The average molecular weight is 278 g/mol. The monoisotopic (exact) mass is 277 g/mol. The SMILES string of the molecule is CCOCCn1nc(Br)c(=O)n(C)c1=O. The summed E-state index contributed by atoms with van der Waals surface area (Å²) >= 11 is 3.00. The van der Waals surface area contributed by atoms with Crippen LogP contribution >= 0.6 is 15.9 Å². The zero-order valence-corrected chi connectivity index (χ0v) is 10.2. The van der Waals surface area contributed by atoms with E-state index in [1.54, 1.807) is 0 Å². The van der Waals surface area contributed by atoms with Crippen LogP contribution in [-0.4, -0.2) is 27.6 Å². The molecule has 1 heterocycles. The van der Waals surface area contributed by atoms with Gasteiger partial charge in [-0.15, -0.1) is 0 Å². The largest absolute Gasteiger partial charge is 0.380 e. The highest BCUT2D eigenvalue weighted by Gasteiger charge is 2.07. The first-order valence-corrected chi connectivity index (χ1v) is 5.28. The number of hydrogen-bond donors (Lipinski definition) is 0. The van der Waals surface area contributed by atoms with E-state index in [9.17, 15) is 9.59 Å². The molecule has 0 amide bonds. The predicted molar refractivity (Wildman–Crippen MR) is 57.9 cm³/mol. The first kappa shape index (κ1) is 12.1. The summed E-state index contributed by atoms with van der Waals surface area (Å²) in [6, 6.07) is 0. The van der Waals surface area contributed by atoms with Gasteiger partial charge in [-0.3, -0.25) is 9.36 Å². The Morgan fingerprint density at radius 2 is 2.13 bits per heavy atom. The van der Waals surface area contributed by atoms with Gasteiger partial charge in [0.2, 0.25) is 0 Å². The highest BCUT2D eigenvalue weighted by molar-refractivity contribution is 9.10. The second-order valence-electron chi connectivity index (χ2n) is 2.86. The van der Waals surface area contributed by atoms with E-state index in [1.807, 2.05) is 6.92 Å². The molecule has 84 valence electrons. The van der Waals surface area contributed by atoms with E-state index in [0.717, 1.165) is 4.57 Å². The van der Waals surface area contributed by atoms with Gasteiger partial charge in [0.05, 0.1) is 13.2 Å². The van der Waals surface area contributed by atoms with Gasteiger partial charge in [-0.25, -0.2) is 9.48 Å². The number of aromatic nitrogens is 3. The summed E-state index contributed by atoms with van der Waals surface area (Å²) in [6.07, 6.45) is 0.